The number of nitrogens with zero attached hydrogens (tertiary/aromatic N) is 2. The van der Waals surface area contributed by atoms with Gasteiger partial charge in [0, 0.05) is 41.3 Å². The molecule has 4 nitrogen and oxygen atoms in total. The van der Waals surface area contributed by atoms with Gasteiger partial charge in [-0.05, 0) is 37.1 Å². The predicted octanol–water partition coefficient (Wildman–Crippen LogP) is 3.04. The molecule has 0 spiro atoms. The SMILES string of the molecule is N=C(N)C1CCN(c2ccnc3cc(Cl)ccc23)CC1. The van der Waals surface area contributed by atoms with Gasteiger partial charge in [-0.1, -0.05) is 11.6 Å². The van der Waals surface area contributed by atoms with E-state index >= 15 is 0 Å². The van der Waals surface area contributed by atoms with Crippen LogP contribution in [0.1, 0.15) is 12.8 Å². The number of halogens is 1. The maximum Gasteiger partial charge on any atom is 0.0938 e. The minimum absolute atomic E-state index is 0.230. The van der Waals surface area contributed by atoms with Gasteiger partial charge in [-0.3, -0.25) is 10.4 Å². The Balaban J connectivity index is 1.90. The van der Waals surface area contributed by atoms with Crippen molar-refractivity contribution in [1.82, 2.24) is 4.98 Å². The van der Waals surface area contributed by atoms with Crippen LogP contribution < -0.4 is 10.6 Å². The Labute approximate surface area is 123 Å². The Morgan fingerprint density at radius 2 is 2.05 bits per heavy atom. The number of nitrogens with two attached hydrogens (primary N) is 1. The zero-order valence-corrected chi connectivity index (χ0v) is 11.9. The van der Waals surface area contributed by atoms with Gasteiger partial charge in [-0.15, -0.1) is 0 Å². The lowest BCUT2D eigenvalue weighted by atomic mass is 9.95. The smallest absolute Gasteiger partial charge is 0.0938 e. The highest BCUT2D eigenvalue weighted by atomic mass is 35.5. The Bertz CT molecular complexity index is 647. The molecular weight excluding hydrogens is 272 g/mol. The molecule has 0 saturated carbocycles. The Morgan fingerprint density at radius 3 is 2.75 bits per heavy atom. The molecule has 104 valence electrons. The van der Waals surface area contributed by atoms with Crippen molar-refractivity contribution in [1.29, 1.82) is 5.41 Å². The fraction of sp³-hybridized carbons (Fsp3) is 0.333. The first kappa shape index (κ1) is 13.2. The van der Waals surface area contributed by atoms with Crippen LogP contribution in [0.5, 0.6) is 0 Å². The van der Waals surface area contributed by atoms with E-state index in [-0.39, 0.29) is 5.92 Å². The van der Waals surface area contributed by atoms with Crippen molar-refractivity contribution < 1.29 is 0 Å². The molecule has 5 heteroatoms. The number of benzene rings is 1. The summed E-state index contributed by atoms with van der Waals surface area (Å²) in [5, 5.41) is 9.38. The molecule has 0 amide bonds. The highest BCUT2D eigenvalue weighted by Crippen LogP contribution is 2.30. The Hall–Kier alpha value is -1.81. The van der Waals surface area contributed by atoms with Gasteiger partial charge in [0.15, 0.2) is 0 Å². The second kappa shape index (κ2) is 5.29. The number of pyridine rings is 1. The number of aromatic nitrogens is 1. The summed E-state index contributed by atoms with van der Waals surface area (Å²) in [5.41, 5.74) is 7.71. The first-order chi connectivity index (χ1) is 9.65. The Morgan fingerprint density at radius 1 is 1.30 bits per heavy atom. The molecule has 1 aliphatic heterocycles. The largest absolute Gasteiger partial charge is 0.387 e. The number of hydrogen-bond acceptors (Lipinski definition) is 3. The number of fused-ring (bicyclic) bond motifs is 1. The molecule has 1 saturated heterocycles. The fourth-order valence-electron chi connectivity index (χ4n) is 2.81. The predicted molar refractivity (Wildman–Crippen MR) is 83.6 cm³/mol. The summed E-state index contributed by atoms with van der Waals surface area (Å²) in [7, 11) is 0. The van der Waals surface area contributed by atoms with Crippen LogP contribution in [-0.2, 0) is 0 Å². The topological polar surface area (TPSA) is 66.0 Å². The van der Waals surface area contributed by atoms with E-state index in [1.165, 1.54) is 5.69 Å². The van der Waals surface area contributed by atoms with Crippen molar-refractivity contribution in [2.24, 2.45) is 11.7 Å². The van der Waals surface area contributed by atoms with Crippen LogP contribution in [0.3, 0.4) is 0 Å². The van der Waals surface area contributed by atoms with Gasteiger partial charge in [0.1, 0.15) is 0 Å². The molecule has 0 bridgehead atoms. The van der Waals surface area contributed by atoms with Gasteiger partial charge < -0.3 is 10.6 Å². The number of nitrogens with one attached hydrogen (secondary N) is 1. The van der Waals surface area contributed by atoms with E-state index < -0.39 is 0 Å². The molecule has 0 unspecified atom stereocenters. The lowest BCUT2D eigenvalue weighted by Gasteiger charge is -2.33. The summed E-state index contributed by atoms with van der Waals surface area (Å²) in [6.45, 7) is 1.85. The van der Waals surface area contributed by atoms with Crippen molar-refractivity contribution >= 4 is 34.0 Å². The second-order valence-corrected chi connectivity index (χ2v) is 5.64. The molecule has 1 fully saturated rings. The van der Waals surface area contributed by atoms with Crippen LogP contribution in [0.25, 0.3) is 10.9 Å². The van der Waals surface area contributed by atoms with E-state index in [2.05, 4.69) is 9.88 Å². The van der Waals surface area contributed by atoms with Crippen LogP contribution in [0.2, 0.25) is 5.02 Å². The number of anilines is 1. The van der Waals surface area contributed by atoms with E-state index in [1.807, 2.05) is 30.5 Å². The zero-order chi connectivity index (χ0) is 14.1. The molecule has 0 radical (unpaired) electrons. The van der Waals surface area contributed by atoms with Gasteiger partial charge in [0.2, 0.25) is 0 Å². The molecule has 20 heavy (non-hydrogen) atoms. The first-order valence-corrected chi connectivity index (χ1v) is 7.16. The quantitative estimate of drug-likeness (QED) is 0.659. The monoisotopic (exact) mass is 288 g/mol. The zero-order valence-electron chi connectivity index (χ0n) is 11.1. The highest BCUT2D eigenvalue weighted by molar-refractivity contribution is 6.31. The molecule has 3 N–H and O–H groups in total. The van der Waals surface area contributed by atoms with Gasteiger partial charge >= 0.3 is 0 Å². The summed E-state index contributed by atoms with van der Waals surface area (Å²) < 4.78 is 0. The Kier molecular flexibility index (Phi) is 3.49. The van der Waals surface area contributed by atoms with Gasteiger partial charge in [0.05, 0.1) is 11.4 Å². The molecule has 0 aliphatic carbocycles. The number of piperidine rings is 1. The number of rotatable bonds is 2. The number of amidine groups is 1. The molecular formula is C15H17ClN4. The summed E-state index contributed by atoms with van der Waals surface area (Å²) in [6.07, 6.45) is 3.70. The van der Waals surface area contributed by atoms with Crippen LogP contribution >= 0.6 is 11.6 Å². The maximum absolute atomic E-state index is 7.55. The third-order valence-electron chi connectivity index (χ3n) is 3.96. The van der Waals surface area contributed by atoms with Crippen molar-refractivity contribution in [3.05, 3.63) is 35.5 Å². The summed E-state index contributed by atoms with van der Waals surface area (Å²) >= 11 is 6.02. The van der Waals surface area contributed by atoms with Gasteiger partial charge in [-0.25, -0.2) is 0 Å². The molecule has 0 atom stereocenters. The minimum atomic E-state index is 0.230. The van der Waals surface area contributed by atoms with E-state index in [1.54, 1.807) is 0 Å². The third-order valence-corrected chi connectivity index (χ3v) is 4.19. The molecule has 2 aromatic rings. The standard InChI is InChI=1S/C15H17ClN4/c16-11-1-2-12-13(9-11)19-6-3-14(12)20-7-4-10(5-8-20)15(17)18/h1-3,6,9-10H,4-5,7-8H2,(H3,17,18). The molecule has 2 heterocycles. The normalized spacial score (nSPS) is 16.6. The first-order valence-electron chi connectivity index (χ1n) is 6.78. The summed E-state index contributed by atoms with van der Waals surface area (Å²) in [4.78, 5) is 6.72. The van der Waals surface area contributed by atoms with Crippen LogP contribution in [0.4, 0.5) is 5.69 Å². The highest BCUT2D eigenvalue weighted by Gasteiger charge is 2.22. The van der Waals surface area contributed by atoms with Crippen molar-refractivity contribution in [2.75, 3.05) is 18.0 Å². The van der Waals surface area contributed by atoms with E-state index in [9.17, 15) is 0 Å². The average molecular weight is 289 g/mol. The number of hydrogen-bond donors (Lipinski definition) is 2. The molecule has 3 rings (SSSR count). The van der Waals surface area contributed by atoms with Gasteiger partial charge in [0.25, 0.3) is 0 Å². The van der Waals surface area contributed by atoms with Crippen molar-refractivity contribution in [3.8, 4) is 0 Å². The van der Waals surface area contributed by atoms with E-state index in [4.69, 9.17) is 22.7 Å². The van der Waals surface area contributed by atoms with Crippen LogP contribution in [-0.4, -0.2) is 23.9 Å². The van der Waals surface area contributed by atoms with Crippen molar-refractivity contribution in [2.45, 2.75) is 12.8 Å². The average Bonchev–Trinajstić information content (AvgIpc) is 2.46. The summed E-state index contributed by atoms with van der Waals surface area (Å²) in [6, 6.07) is 7.86. The molecule has 1 aromatic carbocycles. The molecule has 1 aliphatic rings. The molecule has 1 aromatic heterocycles. The lowest BCUT2D eigenvalue weighted by Crippen LogP contribution is -2.38. The third kappa shape index (κ3) is 2.43. The van der Waals surface area contributed by atoms with E-state index in [0.717, 1.165) is 36.8 Å². The van der Waals surface area contributed by atoms with Crippen LogP contribution in [0, 0.1) is 11.3 Å². The maximum atomic E-state index is 7.55. The fourth-order valence-corrected chi connectivity index (χ4v) is 2.98. The second-order valence-electron chi connectivity index (χ2n) is 5.21. The van der Waals surface area contributed by atoms with Gasteiger partial charge in [-0.2, -0.15) is 0 Å². The minimum Gasteiger partial charge on any atom is -0.387 e. The summed E-state index contributed by atoms with van der Waals surface area (Å²) in [5.74, 6) is 0.546. The van der Waals surface area contributed by atoms with E-state index in [0.29, 0.717) is 10.9 Å². The lowest BCUT2D eigenvalue weighted by molar-refractivity contribution is 0.498. The van der Waals surface area contributed by atoms with Crippen molar-refractivity contribution in [3.63, 3.8) is 0 Å². The van der Waals surface area contributed by atoms with Crippen LogP contribution in [0.15, 0.2) is 30.5 Å².